The van der Waals surface area contributed by atoms with Gasteiger partial charge in [-0.3, -0.25) is 5.10 Å². The van der Waals surface area contributed by atoms with Crippen molar-refractivity contribution in [2.24, 2.45) is 5.92 Å². The summed E-state index contributed by atoms with van der Waals surface area (Å²) < 4.78 is 7.15. The van der Waals surface area contributed by atoms with Crippen LogP contribution in [0.4, 0.5) is 5.95 Å². The van der Waals surface area contributed by atoms with Gasteiger partial charge in [0.15, 0.2) is 5.75 Å². The molecule has 0 spiro atoms. The highest BCUT2D eigenvalue weighted by molar-refractivity contribution is 5.73. The predicted molar refractivity (Wildman–Crippen MR) is 89.0 cm³/mol. The van der Waals surface area contributed by atoms with E-state index in [9.17, 15) is 0 Å². The van der Waals surface area contributed by atoms with Crippen LogP contribution in [-0.2, 0) is 0 Å². The molecule has 24 heavy (non-hydrogen) atoms. The van der Waals surface area contributed by atoms with Crippen molar-refractivity contribution in [2.45, 2.75) is 12.8 Å². The number of rotatable bonds is 5. The number of anilines is 1. The molecule has 3 aromatic heterocycles. The third-order valence-corrected chi connectivity index (χ3v) is 4.27. The van der Waals surface area contributed by atoms with E-state index in [1.807, 2.05) is 0 Å². The number of H-pyrrole nitrogens is 1. The monoisotopic (exact) mass is 328 g/mol. The molecule has 1 saturated heterocycles. The zero-order chi connectivity index (χ0) is 16.4. The molecule has 0 bridgehead atoms. The van der Waals surface area contributed by atoms with Crippen LogP contribution in [0.3, 0.4) is 0 Å². The Morgan fingerprint density at radius 1 is 1.46 bits per heavy atom. The second-order valence-electron chi connectivity index (χ2n) is 5.91. The van der Waals surface area contributed by atoms with Crippen LogP contribution in [0.2, 0.25) is 0 Å². The predicted octanol–water partition coefficient (Wildman–Crippen LogP) is 0.934. The second kappa shape index (κ2) is 6.44. The SMILES string of the molecule is COc1c(-c2cn[nH]c2)ncn2nc(NCC3CCCNC3)nc12. The maximum absolute atomic E-state index is 5.52. The molecule has 0 radical (unpaired) electrons. The molecular weight excluding hydrogens is 308 g/mol. The standard InChI is InChI=1S/C15H20N8O/c1-24-13-12(11-7-19-20-8-11)18-9-23-14(13)21-15(22-23)17-6-10-3-2-4-16-5-10/h7-10,16H,2-6H2,1H3,(H,17,22)(H,19,20). The number of nitrogens with one attached hydrogen (secondary N) is 3. The van der Waals surface area contributed by atoms with E-state index < -0.39 is 0 Å². The Labute approximate surface area is 138 Å². The highest BCUT2D eigenvalue weighted by atomic mass is 16.5. The Bertz CT molecular complexity index is 806. The fraction of sp³-hybridized carbons (Fsp3) is 0.467. The van der Waals surface area contributed by atoms with E-state index in [0.717, 1.165) is 25.2 Å². The van der Waals surface area contributed by atoms with Crippen molar-refractivity contribution in [1.29, 1.82) is 0 Å². The van der Waals surface area contributed by atoms with E-state index in [-0.39, 0.29) is 0 Å². The number of piperidine rings is 1. The first kappa shape index (κ1) is 14.9. The summed E-state index contributed by atoms with van der Waals surface area (Å²) in [5, 5.41) is 17.9. The lowest BCUT2D eigenvalue weighted by atomic mass is 10.00. The Morgan fingerprint density at radius 3 is 3.17 bits per heavy atom. The topological polar surface area (TPSA) is 105 Å². The van der Waals surface area contributed by atoms with Crippen LogP contribution in [0.25, 0.3) is 16.9 Å². The summed E-state index contributed by atoms with van der Waals surface area (Å²) in [5.41, 5.74) is 2.17. The summed E-state index contributed by atoms with van der Waals surface area (Å²) in [6.07, 6.45) is 7.56. The molecule has 9 nitrogen and oxygen atoms in total. The molecule has 3 N–H and O–H groups in total. The number of fused-ring (bicyclic) bond motifs is 1. The molecule has 126 valence electrons. The number of ether oxygens (including phenoxy) is 1. The second-order valence-corrected chi connectivity index (χ2v) is 5.91. The molecule has 1 atom stereocenters. The van der Waals surface area contributed by atoms with Gasteiger partial charge in [0.05, 0.1) is 13.3 Å². The van der Waals surface area contributed by atoms with Crippen molar-refractivity contribution in [3.05, 3.63) is 18.7 Å². The number of nitrogens with zero attached hydrogens (tertiary/aromatic N) is 5. The van der Waals surface area contributed by atoms with Gasteiger partial charge >= 0.3 is 0 Å². The lowest BCUT2D eigenvalue weighted by Crippen LogP contribution is -2.33. The van der Waals surface area contributed by atoms with E-state index in [4.69, 9.17) is 4.74 Å². The van der Waals surface area contributed by atoms with Gasteiger partial charge in [-0.1, -0.05) is 0 Å². The number of aromatic nitrogens is 6. The van der Waals surface area contributed by atoms with Crippen molar-refractivity contribution in [2.75, 3.05) is 32.1 Å². The van der Waals surface area contributed by atoms with Crippen LogP contribution in [0, 0.1) is 5.92 Å². The van der Waals surface area contributed by atoms with E-state index in [2.05, 4.69) is 35.9 Å². The minimum absolute atomic E-state index is 0.582. The van der Waals surface area contributed by atoms with Crippen LogP contribution < -0.4 is 15.4 Å². The molecule has 3 aromatic rings. The maximum Gasteiger partial charge on any atom is 0.243 e. The van der Waals surface area contributed by atoms with Crippen molar-refractivity contribution < 1.29 is 4.74 Å². The van der Waals surface area contributed by atoms with Crippen LogP contribution in [0.5, 0.6) is 5.75 Å². The molecule has 4 heterocycles. The molecule has 1 fully saturated rings. The highest BCUT2D eigenvalue weighted by Crippen LogP contribution is 2.30. The lowest BCUT2D eigenvalue weighted by Gasteiger charge is -2.22. The molecule has 0 aromatic carbocycles. The Balaban J connectivity index is 1.60. The van der Waals surface area contributed by atoms with Crippen molar-refractivity contribution in [3.63, 3.8) is 0 Å². The fourth-order valence-electron chi connectivity index (χ4n) is 3.02. The summed E-state index contributed by atoms with van der Waals surface area (Å²) in [4.78, 5) is 8.98. The molecule has 4 rings (SSSR count). The normalized spacial score (nSPS) is 18.0. The molecular formula is C15H20N8O. The van der Waals surface area contributed by atoms with E-state index >= 15 is 0 Å². The molecule has 9 heteroatoms. The number of hydrogen-bond acceptors (Lipinski definition) is 7. The van der Waals surface area contributed by atoms with Gasteiger partial charge in [0, 0.05) is 18.3 Å². The van der Waals surface area contributed by atoms with Gasteiger partial charge in [-0.05, 0) is 31.8 Å². The van der Waals surface area contributed by atoms with E-state index in [1.54, 1.807) is 30.3 Å². The van der Waals surface area contributed by atoms with Gasteiger partial charge in [-0.25, -0.2) is 4.98 Å². The Kier molecular flexibility index (Phi) is 3.99. The minimum atomic E-state index is 0.582. The maximum atomic E-state index is 5.52. The fourth-order valence-corrected chi connectivity index (χ4v) is 3.02. The summed E-state index contributed by atoms with van der Waals surface area (Å²) >= 11 is 0. The zero-order valence-corrected chi connectivity index (χ0v) is 13.5. The summed E-state index contributed by atoms with van der Waals surface area (Å²) in [6.45, 7) is 3.01. The van der Waals surface area contributed by atoms with Crippen LogP contribution in [-0.4, -0.2) is 56.5 Å². The molecule has 1 unspecified atom stereocenters. The van der Waals surface area contributed by atoms with Crippen molar-refractivity contribution >= 4 is 11.6 Å². The van der Waals surface area contributed by atoms with Gasteiger partial charge < -0.3 is 15.4 Å². The quantitative estimate of drug-likeness (QED) is 0.640. The number of methoxy groups -OCH3 is 1. The van der Waals surface area contributed by atoms with Gasteiger partial charge in [0.2, 0.25) is 11.6 Å². The molecule has 0 aliphatic carbocycles. The van der Waals surface area contributed by atoms with E-state index in [1.165, 1.54) is 12.8 Å². The third kappa shape index (κ3) is 2.78. The minimum Gasteiger partial charge on any atom is -0.491 e. The van der Waals surface area contributed by atoms with Crippen LogP contribution in [0.1, 0.15) is 12.8 Å². The largest absolute Gasteiger partial charge is 0.491 e. The number of aromatic amines is 1. The first-order valence-corrected chi connectivity index (χ1v) is 8.08. The smallest absolute Gasteiger partial charge is 0.243 e. The average molecular weight is 328 g/mol. The molecule has 1 aliphatic heterocycles. The van der Waals surface area contributed by atoms with Gasteiger partial charge in [0.1, 0.15) is 12.0 Å². The van der Waals surface area contributed by atoms with E-state index in [0.29, 0.717) is 29.0 Å². The first-order valence-electron chi connectivity index (χ1n) is 8.08. The molecule has 1 aliphatic rings. The lowest BCUT2D eigenvalue weighted by molar-refractivity contribution is 0.392. The van der Waals surface area contributed by atoms with Crippen LogP contribution >= 0.6 is 0 Å². The number of hydrogen-bond donors (Lipinski definition) is 3. The molecule has 0 amide bonds. The summed E-state index contributed by atoms with van der Waals surface area (Å²) in [6, 6.07) is 0. The average Bonchev–Trinajstić information content (AvgIpc) is 3.29. The van der Waals surface area contributed by atoms with Crippen molar-refractivity contribution in [3.8, 4) is 17.0 Å². The summed E-state index contributed by atoms with van der Waals surface area (Å²) in [5.74, 6) is 1.77. The summed E-state index contributed by atoms with van der Waals surface area (Å²) in [7, 11) is 1.61. The third-order valence-electron chi connectivity index (χ3n) is 4.27. The first-order chi connectivity index (χ1) is 11.8. The van der Waals surface area contributed by atoms with Gasteiger partial charge in [0.25, 0.3) is 0 Å². The highest BCUT2D eigenvalue weighted by Gasteiger charge is 2.18. The van der Waals surface area contributed by atoms with Gasteiger partial charge in [-0.15, -0.1) is 5.10 Å². The van der Waals surface area contributed by atoms with Crippen molar-refractivity contribution in [1.82, 2.24) is 35.1 Å². The Morgan fingerprint density at radius 2 is 2.42 bits per heavy atom. The zero-order valence-electron chi connectivity index (χ0n) is 13.5. The van der Waals surface area contributed by atoms with Crippen LogP contribution in [0.15, 0.2) is 18.7 Å². The molecule has 0 saturated carbocycles. The Hall–Kier alpha value is -2.68. The van der Waals surface area contributed by atoms with Gasteiger partial charge in [-0.2, -0.15) is 14.6 Å².